The maximum Gasteiger partial charge on any atom is 0.344 e. The summed E-state index contributed by atoms with van der Waals surface area (Å²) in [6.45, 7) is 6.82. The number of fused-ring (bicyclic) bond motifs is 3. The van der Waals surface area contributed by atoms with Crippen molar-refractivity contribution in [2.24, 2.45) is 5.92 Å². The predicted molar refractivity (Wildman–Crippen MR) is 226 cm³/mol. The first-order chi connectivity index (χ1) is 30.2. The van der Waals surface area contributed by atoms with Crippen molar-refractivity contribution in [1.82, 2.24) is 4.90 Å². The molecule has 17 nitrogen and oxygen atoms in total. The number of rotatable bonds is 7. The molecule has 0 amide bonds. The van der Waals surface area contributed by atoms with E-state index in [9.17, 15) is 45.3 Å². The molecule has 17 heteroatoms. The Morgan fingerprint density at radius 2 is 1.47 bits per heavy atom. The summed E-state index contributed by atoms with van der Waals surface area (Å²) in [5.41, 5.74) is -5.95. The molecular formula is C47H55NO16. The average molecular weight is 890 g/mol. The number of ketones is 2. The number of hydrogen-bond donors (Lipinski definition) is 7. The number of Topliss-reactive ketones (excluding diaryl/α,β-unsaturated/α-hetero) is 2. The Hall–Kier alpha value is -4.37. The molecule has 3 aromatic rings. The van der Waals surface area contributed by atoms with E-state index in [1.165, 1.54) is 42.5 Å². The van der Waals surface area contributed by atoms with Gasteiger partial charge >= 0.3 is 5.63 Å². The van der Waals surface area contributed by atoms with E-state index in [4.69, 9.17) is 28.1 Å². The number of aliphatic hydroxyl groups excluding tert-OH is 4. The number of hydrogen-bond acceptors (Lipinski definition) is 17. The molecule has 4 fully saturated rings. The number of likely N-dealkylation sites (N-methyl/N-ethyl adjacent to an activating group) is 1. The molecule has 7 N–H and O–H groups in total. The van der Waals surface area contributed by atoms with Crippen LogP contribution in [0.3, 0.4) is 0 Å². The summed E-state index contributed by atoms with van der Waals surface area (Å²) in [7, 11) is 3.70. The number of aromatic hydroxyl groups is 2. The van der Waals surface area contributed by atoms with Crippen LogP contribution in [0.4, 0.5) is 0 Å². The first kappa shape index (κ1) is 44.8. The van der Waals surface area contributed by atoms with Gasteiger partial charge in [-0.1, -0.05) is 25.1 Å². The number of carbonyl (C=O) groups excluding carboxylic acids is 2. The monoisotopic (exact) mass is 889 g/mol. The molecule has 6 aliphatic rings. The Morgan fingerprint density at radius 3 is 2.12 bits per heavy atom. The fourth-order valence-electron chi connectivity index (χ4n) is 10.8. The number of carbonyl (C=O) groups is 2. The summed E-state index contributed by atoms with van der Waals surface area (Å²) >= 11 is 0. The number of aliphatic hydroxyl groups is 5. The zero-order valence-electron chi connectivity index (χ0n) is 36.3. The van der Waals surface area contributed by atoms with Crippen LogP contribution in [0.25, 0.3) is 27.5 Å². The molecule has 3 aliphatic heterocycles. The highest BCUT2D eigenvalue weighted by Gasteiger charge is 2.66. The van der Waals surface area contributed by atoms with Gasteiger partial charge in [-0.25, -0.2) is 4.79 Å². The van der Waals surface area contributed by atoms with Crippen molar-refractivity contribution in [2.75, 3.05) is 14.1 Å². The van der Waals surface area contributed by atoms with Crippen LogP contribution < -0.4 is 5.63 Å². The van der Waals surface area contributed by atoms with Gasteiger partial charge in [-0.3, -0.25) is 9.59 Å². The maximum atomic E-state index is 15.1. The van der Waals surface area contributed by atoms with Crippen LogP contribution in [0.5, 0.6) is 11.5 Å². The zero-order valence-corrected chi connectivity index (χ0v) is 36.3. The van der Waals surface area contributed by atoms with E-state index in [2.05, 4.69) is 0 Å². The molecule has 64 heavy (non-hydrogen) atoms. The Kier molecular flexibility index (Phi) is 11.3. The fraction of sp³-hybridized carbons (Fsp3) is 0.553. The summed E-state index contributed by atoms with van der Waals surface area (Å²) in [5, 5.41) is 77.6. The van der Waals surface area contributed by atoms with Gasteiger partial charge in [0.1, 0.15) is 41.2 Å². The van der Waals surface area contributed by atoms with Gasteiger partial charge in [0.25, 0.3) is 0 Å². The Labute approximate surface area is 368 Å². The maximum absolute atomic E-state index is 15.1. The van der Waals surface area contributed by atoms with E-state index < -0.39 is 102 Å². The normalized spacial score (nSPS) is 38.7. The van der Waals surface area contributed by atoms with Crippen molar-refractivity contribution in [3.05, 3.63) is 75.4 Å². The first-order valence-corrected chi connectivity index (χ1v) is 21.8. The van der Waals surface area contributed by atoms with Crippen LogP contribution in [0.15, 0.2) is 57.3 Å². The minimum absolute atomic E-state index is 0.0360. The molecule has 15 atom stereocenters. The van der Waals surface area contributed by atoms with E-state index >= 15 is 4.79 Å². The topological polar surface area (TPSA) is 255 Å². The highest BCUT2D eigenvalue weighted by molar-refractivity contribution is 6.31. The quantitative estimate of drug-likeness (QED) is 0.180. The second-order valence-electron chi connectivity index (χ2n) is 18.7. The van der Waals surface area contributed by atoms with Crippen LogP contribution in [0, 0.1) is 5.92 Å². The number of nitrogens with zero attached hydrogens (tertiary/aromatic N) is 1. The lowest BCUT2D eigenvalue weighted by Gasteiger charge is -2.54. The van der Waals surface area contributed by atoms with Crippen molar-refractivity contribution in [1.29, 1.82) is 0 Å². The smallest absolute Gasteiger partial charge is 0.344 e. The fourth-order valence-corrected chi connectivity index (χ4v) is 10.8. The number of ether oxygens (including phenoxy) is 5. The number of phenolic OH excluding ortho intramolecular Hbond substituents is 2. The lowest BCUT2D eigenvalue weighted by Crippen LogP contribution is -2.67. The molecule has 1 aromatic heterocycles. The standard InChI is InChI=1S/C47H55NO16/c1-19-13-32(52)47(58)38-25(11-12-46(47,18-19)64-34-15-28(48(5)6)43(22(4)61-34)62-33-17-30(51)40(54)21(3)60-33)41(55)37-36-27(14-26(42(37)56)31-16-29(50)39(53)20(2)59-31)35(45(57)63-44(36)38)23-7-9-24(49)10-8-23/h7-12,14,19-22,28-31,33-34,39-40,43,49-51,53-54,56,58H,13,15-18H2,1-6H3/t19?,20-,21-,22+,28+,29-,30-,31-,33-,34+,39-,40+,43-,46?,47?/m1/s1. The highest BCUT2D eigenvalue weighted by Crippen LogP contribution is 2.57. The van der Waals surface area contributed by atoms with Gasteiger partial charge in [0.05, 0.1) is 47.8 Å². The molecule has 3 unspecified atom stereocenters. The van der Waals surface area contributed by atoms with Gasteiger partial charge in [-0.05, 0) is 77.0 Å². The summed E-state index contributed by atoms with van der Waals surface area (Å²) in [6.07, 6.45) is -7.48. The van der Waals surface area contributed by atoms with E-state index in [1.807, 2.05) is 25.9 Å². The molecule has 4 heterocycles. The van der Waals surface area contributed by atoms with E-state index in [-0.39, 0.29) is 99.7 Å². The minimum atomic E-state index is -2.63. The van der Waals surface area contributed by atoms with Gasteiger partial charge in [-0.2, -0.15) is 0 Å². The first-order valence-electron chi connectivity index (χ1n) is 21.8. The minimum Gasteiger partial charge on any atom is -0.508 e. The molecule has 344 valence electrons. The second-order valence-corrected chi connectivity index (χ2v) is 18.7. The summed E-state index contributed by atoms with van der Waals surface area (Å²) in [4.78, 5) is 46.2. The SMILES string of the molecule is CC1CC(=O)C2(O)C3=C(C=CC2(O[C@H]2C[C@H](N(C)C)[C@H](O[C@@H]4C[C@@H](O)[C@@H](O)[C@@H](C)O4)[C@H](C)O2)C1)C(=O)c1c(O)c([C@H]2C[C@@H](O)[C@H](O)[C@@H](C)O2)cc2c(-c4ccc(O)cc4)c(=O)oc3c12. The average Bonchev–Trinajstić information content (AvgIpc) is 3.22. The third-order valence-corrected chi connectivity index (χ3v) is 14.1. The van der Waals surface area contributed by atoms with Crippen LogP contribution in [-0.4, -0.2) is 145 Å². The molecule has 9 rings (SSSR count). The molecule has 0 bridgehead atoms. The molecule has 2 aromatic carbocycles. The van der Waals surface area contributed by atoms with Gasteiger partial charge in [0, 0.05) is 59.2 Å². The lowest BCUT2D eigenvalue weighted by molar-refractivity contribution is -0.321. The van der Waals surface area contributed by atoms with Gasteiger partial charge < -0.3 is 68.7 Å². The van der Waals surface area contributed by atoms with Crippen molar-refractivity contribution in [3.63, 3.8) is 0 Å². The Morgan fingerprint density at radius 1 is 0.812 bits per heavy atom. The van der Waals surface area contributed by atoms with E-state index in [1.54, 1.807) is 20.8 Å². The number of allylic oxidation sites excluding steroid dienone is 2. The number of phenols is 2. The molecule has 3 aliphatic carbocycles. The van der Waals surface area contributed by atoms with E-state index in [0.717, 1.165) is 0 Å². The van der Waals surface area contributed by atoms with Crippen molar-refractivity contribution >= 4 is 27.9 Å². The third-order valence-electron chi connectivity index (χ3n) is 14.1. The molecule has 3 saturated heterocycles. The number of benzene rings is 2. The third kappa shape index (κ3) is 6.99. The summed E-state index contributed by atoms with van der Waals surface area (Å²) in [6, 6.07) is 6.75. The molecule has 0 spiro atoms. The van der Waals surface area contributed by atoms with Gasteiger partial charge in [0.2, 0.25) is 0 Å². The Bertz CT molecular complexity index is 2470. The van der Waals surface area contributed by atoms with Crippen LogP contribution in [-0.2, 0) is 28.5 Å². The second kappa shape index (κ2) is 16.2. The van der Waals surface area contributed by atoms with Gasteiger partial charge in [-0.15, -0.1) is 0 Å². The van der Waals surface area contributed by atoms with E-state index in [0.29, 0.717) is 0 Å². The van der Waals surface area contributed by atoms with Crippen LogP contribution in [0.2, 0.25) is 0 Å². The van der Waals surface area contributed by atoms with Crippen LogP contribution in [0.1, 0.15) is 87.6 Å². The van der Waals surface area contributed by atoms with Crippen molar-refractivity contribution < 1.29 is 73.4 Å². The predicted octanol–water partition coefficient (Wildman–Crippen LogP) is 2.76. The Balaban J connectivity index is 1.16. The highest BCUT2D eigenvalue weighted by atomic mass is 16.7. The van der Waals surface area contributed by atoms with Gasteiger partial charge in [0.15, 0.2) is 29.7 Å². The summed E-state index contributed by atoms with van der Waals surface area (Å²) in [5.74, 6) is -2.77. The zero-order chi connectivity index (χ0) is 45.9. The summed E-state index contributed by atoms with van der Waals surface area (Å²) < 4.78 is 37.9. The van der Waals surface area contributed by atoms with Crippen molar-refractivity contribution in [2.45, 2.75) is 145 Å². The largest absolute Gasteiger partial charge is 0.508 e. The molecular weight excluding hydrogens is 835 g/mol. The molecule has 0 radical (unpaired) electrons. The van der Waals surface area contributed by atoms with Crippen molar-refractivity contribution in [3.8, 4) is 22.6 Å². The van der Waals surface area contributed by atoms with Crippen LogP contribution >= 0.6 is 0 Å². The lowest BCUT2D eigenvalue weighted by atomic mass is 9.58. The molecule has 1 saturated carbocycles.